The van der Waals surface area contributed by atoms with Crippen molar-refractivity contribution < 1.29 is 9.59 Å². The summed E-state index contributed by atoms with van der Waals surface area (Å²) >= 11 is 7.65. The van der Waals surface area contributed by atoms with E-state index in [0.717, 1.165) is 4.88 Å². The molecule has 1 aromatic carbocycles. The summed E-state index contributed by atoms with van der Waals surface area (Å²) in [7, 11) is 0. The molecule has 0 aliphatic carbocycles. The van der Waals surface area contributed by atoms with Crippen molar-refractivity contribution in [3.05, 3.63) is 51.2 Å². The lowest BCUT2D eigenvalue weighted by molar-refractivity contribution is -0.119. The number of thiophene rings is 1. The molecule has 2 amide bonds. The highest BCUT2D eigenvalue weighted by Crippen LogP contribution is 2.21. The number of benzene rings is 1. The van der Waals surface area contributed by atoms with Gasteiger partial charge in [0.15, 0.2) is 0 Å². The van der Waals surface area contributed by atoms with Gasteiger partial charge in [-0.1, -0.05) is 24.6 Å². The number of rotatable bonds is 6. The second-order valence-electron chi connectivity index (χ2n) is 5.08. The number of hydrogen-bond acceptors (Lipinski definition) is 4. The van der Waals surface area contributed by atoms with Crippen LogP contribution in [0.15, 0.2) is 35.7 Å². The summed E-state index contributed by atoms with van der Waals surface area (Å²) in [5.74, 6) is -0.784. The summed E-state index contributed by atoms with van der Waals surface area (Å²) in [6.07, 6.45) is 0. The smallest absolute Gasteiger partial charge is 0.253 e. The number of hydrogen-bond donors (Lipinski definition) is 3. The molecular weight excluding hydrogens is 334 g/mol. The third kappa shape index (κ3) is 4.79. The standard InChI is InChI=1S/C16H18ClN3O2S/c1-10(8-18)15(21)20-11-4-5-14(17)13(7-11)16(22)19-9-12-3-2-6-23-12/h2-7,10H,8-9,18H2,1H3,(H,19,22)(H,20,21). The van der Waals surface area contributed by atoms with E-state index in [1.807, 2.05) is 17.5 Å². The number of anilines is 1. The molecule has 1 unspecified atom stereocenters. The van der Waals surface area contributed by atoms with E-state index >= 15 is 0 Å². The second-order valence-corrected chi connectivity index (χ2v) is 6.52. The summed E-state index contributed by atoms with van der Waals surface area (Å²) in [5.41, 5.74) is 6.31. The summed E-state index contributed by atoms with van der Waals surface area (Å²) in [6, 6.07) is 8.67. The van der Waals surface area contributed by atoms with Gasteiger partial charge in [0.05, 0.1) is 17.1 Å². The molecule has 0 bridgehead atoms. The number of nitrogens with one attached hydrogen (secondary N) is 2. The highest BCUT2D eigenvalue weighted by atomic mass is 35.5. The summed E-state index contributed by atoms with van der Waals surface area (Å²) in [4.78, 5) is 25.2. The zero-order valence-electron chi connectivity index (χ0n) is 12.6. The molecule has 0 radical (unpaired) electrons. The highest BCUT2D eigenvalue weighted by Gasteiger charge is 2.14. The van der Waals surface area contributed by atoms with Crippen LogP contribution in [0.2, 0.25) is 5.02 Å². The summed E-state index contributed by atoms with van der Waals surface area (Å²) in [6.45, 7) is 2.43. The Morgan fingerprint density at radius 2 is 2.13 bits per heavy atom. The molecule has 0 fully saturated rings. The third-order valence-electron chi connectivity index (χ3n) is 3.28. The molecule has 0 aliphatic rings. The maximum atomic E-state index is 12.3. The van der Waals surface area contributed by atoms with Crippen LogP contribution in [-0.2, 0) is 11.3 Å². The first-order valence-electron chi connectivity index (χ1n) is 7.12. The fourth-order valence-electron chi connectivity index (χ4n) is 1.83. The van der Waals surface area contributed by atoms with Gasteiger partial charge in [-0.3, -0.25) is 9.59 Å². The van der Waals surface area contributed by atoms with E-state index in [9.17, 15) is 9.59 Å². The minimum Gasteiger partial charge on any atom is -0.347 e. The van der Waals surface area contributed by atoms with Crippen molar-refractivity contribution in [3.8, 4) is 0 Å². The number of nitrogens with two attached hydrogens (primary N) is 1. The minimum absolute atomic E-state index is 0.195. The molecule has 0 aliphatic heterocycles. The lowest BCUT2D eigenvalue weighted by Gasteiger charge is -2.12. The van der Waals surface area contributed by atoms with Gasteiger partial charge in [-0.15, -0.1) is 11.3 Å². The van der Waals surface area contributed by atoms with Gasteiger partial charge in [0.1, 0.15) is 0 Å². The minimum atomic E-state index is -0.304. The Kier molecular flexibility index (Phi) is 6.15. The predicted molar refractivity (Wildman–Crippen MR) is 93.8 cm³/mol. The van der Waals surface area contributed by atoms with E-state index in [0.29, 0.717) is 22.8 Å². The molecular formula is C16H18ClN3O2S. The van der Waals surface area contributed by atoms with E-state index < -0.39 is 0 Å². The number of amides is 2. The van der Waals surface area contributed by atoms with Gasteiger partial charge < -0.3 is 16.4 Å². The Morgan fingerprint density at radius 3 is 2.78 bits per heavy atom. The molecule has 2 aromatic rings. The molecule has 0 saturated carbocycles. The molecule has 4 N–H and O–H groups in total. The largest absolute Gasteiger partial charge is 0.347 e. The van der Waals surface area contributed by atoms with Crippen molar-refractivity contribution in [2.75, 3.05) is 11.9 Å². The lowest BCUT2D eigenvalue weighted by atomic mass is 10.1. The SMILES string of the molecule is CC(CN)C(=O)Nc1ccc(Cl)c(C(=O)NCc2cccs2)c1. The van der Waals surface area contributed by atoms with E-state index in [1.54, 1.807) is 36.5 Å². The zero-order chi connectivity index (χ0) is 16.8. The van der Waals surface area contributed by atoms with Crippen molar-refractivity contribution in [2.45, 2.75) is 13.5 Å². The number of carbonyl (C=O) groups excluding carboxylic acids is 2. The van der Waals surface area contributed by atoms with Crippen molar-refractivity contribution >= 4 is 40.4 Å². The molecule has 1 atom stereocenters. The first kappa shape index (κ1) is 17.5. The topological polar surface area (TPSA) is 84.2 Å². The van der Waals surface area contributed by atoms with E-state index in [1.165, 1.54) is 0 Å². The van der Waals surface area contributed by atoms with Crippen LogP contribution in [0, 0.1) is 5.92 Å². The molecule has 0 saturated heterocycles. The molecule has 0 spiro atoms. The second kappa shape index (κ2) is 8.10. The number of halogens is 1. The van der Waals surface area contributed by atoms with Crippen molar-refractivity contribution in [2.24, 2.45) is 11.7 Å². The van der Waals surface area contributed by atoms with Crippen LogP contribution in [-0.4, -0.2) is 18.4 Å². The first-order chi connectivity index (χ1) is 11.0. The predicted octanol–water partition coefficient (Wildman–Crippen LogP) is 2.86. The average Bonchev–Trinajstić information content (AvgIpc) is 3.07. The van der Waals surface area contributed by atoms with Crippen LogP contribution in [0.5, 0.6) is 0 Å². The Bertz CT molecular complexity index is 689. The maximum absolute atomic E-state index is 12.3. The normalized spacial score (nSPS) is 11.8. The van der Waals surface area contributed by atoms with Crippen molar-refractivity contribution in [3.63, 3.8) is 0 Å². The van der Waals surface area contributed by atoms with Crippen molar-refractivity contribution in [1.29, 1.82) is 0 Å². The highest BCUT2D eigenvalue weighted by molar-refractivity contribution is 7.09. The van der Waals surface area contributed by atoms with Gasteiger partial charge in [0.2, 0.25) is 5.91 Å². The van der Waals surface area contributed by atoms with E-state index in [2.05, 4.69) is 10.6 Å². The van der Waals surface area contributed by atoms with E-state index in [4.69, 9.17) is 17.3 Å². The fraction of sp³-hybridized carbons (Fsp3) is 0.250. The van der Waals surface area contributed by atoms with Crippen LogP contribution in [0.4, 0.5) is 5.69 Å². The first-order valence-corrected chi connectivity index (χ1v) is 8.38. The Labute approximate surface area is 143 Å². The van der Waals surface area contributed by atoms with Crippen LogP contribution in [0.1, 0.15) is 22.2 Å². The molecule has 122 valence electrons. The molecule has 23 heavy (non-hydrogen) atoms. The number of carbonyl (C=O) groups is 2. The Morgan fingerprint density at radius 1 is 1.35 bits per heavy atom. The Hall–Kier alpha value is -1.89. The van der Waals surface area contributed by atoms with Gasteiger partial charge in [-0.05, 0) is 29.6 Å². The summed E-state index contributed by atoms with van der Waals surface area (Å²) in [5, 5.41) is 7.82. The lowest BCUT2D eigenvalue weighted by Crippen LogP contribution is -2.27. The van der Waals surface area contributed by atoms with Gasteiger partial charge in [0, 0.05) is 23.0 Å². The van der Waals surface area contributed by atoms with Gasteiger partial charge in [-0.2, -0.15) is 0 Å². The maximum Gasteiger partial charge on any atom is 0.253 e. The molecule has 1 aromatic heterocycles. The van der Waals surface area contributed by atoms with Crippen molar-refractivity contribution in [1.82, 2.24) is 5.32 Å². The van der Waals surface area contributed by atoms with Gasteiger partial charge in [-0.25, -0.2) is 0 Å². The third-order valence-corrected chi connectivity index (χ3v) is 4.49. The fourth-order valence-corrected chi connectivity index (χ4v) is 2.67. The van der Waals surface area contributed by atoms with E-state index in [-0.39, 0.29) is 24.3 Å². The molecule has 1 heterocycles. The van der Waals surface area contributed by atoms with Crippen LogP contribution in [0.25, 0.3) is 0 Å². The average molecular weight is 352 g/mol. The summed E-state index contributed by atoms with van der Waals surface area (Å²) < 4.78 is 0. The quantitative estimate of drug-likeness (QED) is 0.748. The molecule has 5 nitrogen and oxygen atoms in total. The monoisotopic (exact) mass is 351 g/mol. The molecule has 2 rings (SSSR count). The van der Waals surface area contributed by atoms with Gasteiger partial charge in [0.25, 0.3) is 5.91 Å². The molecule has 7 heteroatoms. The van der Waals surface area contributed by atoms with Crippen LogP contribution in [0.3, 0.4) is 0 Å². The van der Waals surface area contributed by atoms with Crippen LogP contribution >= 0.6 is 22.9 Å². The Balaban J connectivity index is 2.07. The van der Waals surface area contributed by atoms with Gasteiger partial charge >= 0.3 is 0 Å². The zero-order valence-corrected chi connectivity index (χ0v) is 14.2. The van der Waals surface area contributed by atoms with Crippen LogP contribution < -0.4 is 16.4 Å².